The van der Waals surface area contributed by atoms with Crippen LogP contribution in [0.1, 0.15) is 16.8 Å². The van der Waals surface area contributed by atoms with Crippen LogP contribution in [0.5, 0.6) is 0 Å². The third kappa shape index (κ3) is 3.86. The molecular weight excluding hydrogens is 286 g/mol. The van der Waals surface area contributed by atoms with Gasteiger partial charge in [-0.05, 0) is 30.7 Å². The quantitative estimate of drug-likeness (QED) is 0.686. The maximum atomic E-state index is 11.9. The summed E-state index contributed by atoms with van der Waals surface area (Å²) in [4.78, 5) is 16.3. The van der Waals surface area contributed by atoms with Gasteiger partial charge in [0.1, 0.15) is 0 Å². The highest BCUT2D eigenvalue weighted by Gasteiger charge is 2.03. The molecule has 3 aromatic rings. The molecule has 0 saturated heterocycles. The standard InChI is InChI=1S/C19H19N3O/c23-19(15-7-2-1-3-8-15)22-13-6-12-20-18-11-14-21-17-10-5-4-9-16(17)18/h1-5,7-11,14H,6,12-13H2,(H,20,21)(H,22,23). The zero-order valence-electron chi connectivity index (χ0n) is 12.8. The van der Waals surface area contributed by atoms with Gasteiger partial charge in [-0.1, -0.05) is 36.4 Å². The topological polar surface area (TPSA) is 54.0 Å². The van der Waals surface area contributed by atoms with Gasteiger partial charge in [0.25, 0.3) is 5.91 Å². The molecule has 2 N–H and O–H groups in total. The highest BCUT2D eigenvalue weighted by Crippen LogP contribution is 2.20. The summed E-state index contributed by atoms with van der Waals surface area (Å²) in [6, 6.07) is 19.3. The molecule has 0 atom stereocenters. The Morgan fingerprint density at radius 2 is 1.70 bits per heavy atom. The van der Waals surface area contributed by atoms with Crippen molar-refractivity contribution >= 4 is 22.5 Å². The minimum atomic E-state index is -0.0278. The van der Waals surface area contributed by atoms with Crippen molar-refractivity contribution in [2.24, 2.45) is 0 Å². The Kier molecular flexibility index (Phi) is 4.84. The lowest BCUT2D eigenvalue weighted by atomic mass is 10.2. The van der Waals surface area contributed by atoms with E-state index >= 15 is 0 Å². The zero-order valence-corrected chi connectivity index (χ0v) is 12.8. The number of anilines is 1. The first-order valence-corrected chi connectivity index (χ1v) is 7.75. The van der Waals surface area contributed by atoms with E-state index in [1.807, 2.05) is 60.8 Å². The number of fused-ring (bicyclic) bond motifs is 1. The monoisotopic (exact) mass is 305 g/mol. The highest BCUT2D eigenvalue weighted by molar-refractivity contribution is 5.94. The van der Waals surface area contributed by atoms with E-state index < -0.39 is 0 Å². The number of rotatable bonds is 6. The number of amides is 1. The molecular formula is C19H19N3O. The van der Waals surface area contributed by atoms with Crippen LogP contribution in [0, 0.1) is 0 Å². The van der Waals surface area contributed by atoms with Gasteiger partial charge in [-0.25, -0.2) is 0 Å². The van der Waals surface area contributed by atoms with Gasteiger partial charge in [0.2, 0.25) is 0 Å². The van der Waals surface area contributed by atoms with Gasteiger partial charge in [0.15, 0.2) is 0 Å². The molecule has 0 radical (unpaired) electrons. The lowest BCUT2D eigenvalue weighted by Gasteiger charge is -2.10. The van der Waals surface area contributed by atoms with E-state index in [2.05, 4.69) is 21.7 Å². The molecule has 0 fully saturated rings. The van der Waals surface area contributed by atoms with Crippen molar-refractivity contribution in [3.8, 4) is 0 Å². The number of para-hydroxylation sites is 1. The molecule has 0 unspecified atom stereocenters. The van der Waals surface area contributed by atoms with Gasteiger partial charge in [0, 0.05) is 35.9 Å². The number of nitrogens with zero attached hydrogens (tertiary/aromatic N) is 1. The van der Waals surface area contributed by atoms with Crippen LogP contribution >= 0.6 is 0 Å². The molecule has 0 aliphatic carbocycles. The number of hydrogen-bond acceptors (Lipinski definition) is 3. The normalized spacial score (nSPS) is 10.4. The van der Waals surface area contributed by atoms with Gasteiger partial charge in [0.05, 0.1) is 5.52 Å². The van der Waals surface area contributed by atoms with Crippen LogP contribution < -0.4 is 10.6 Å². The van der Waals surface area contributed by atoms with Crippen LogP contribution in [-0.2, 0) is 0 Å². The summed E-state index contributed by atoms with van der Waals surface area (Å²) in [5, 5.41) is 7.46. The molecule has 1 amide bonds. The lowest BCUT2D eigenvalue weighted by Crippen LogP contribution is -2.25. The van der Waals surface area contributed by atoms with Crippen molar-refractivity contribution in [3.63, 3.8) is 0 Å². The smallest absolute Gasteiger partial charge is 0.251 e. The van der Waals surface area contributed by atoms with Crippen LogP contribution in [0.25, 0.3) is 10.9 Å². The zero-order chi connectivity index (χ0) is 15.9. The van der Waals surface area contributed by atoms with Crippen LogP contribution in [0.15, 0.2) is 66.9 Å². The second-order valence-electron chi connectivity index (χ2n) is 5.28. The number of carbonyl (C=O) groups excluding carboxylic acids is 1. The van der Waals surface area contributed by atoms with E-state index in [1.165, 1.54) is 0 Å². The first-order valence-electron chi connectivity index (χ1n) is 7.75. The van der Waals surface area contributed by atoms with Crippen LogP contribution in [-0.4, -0.2) is 24.0 Å². The molecule has 3 rings (SSSR count). The summed E-state index contributed by atoms with van der Waals surface area (Å²) in [6.07, 6.45) is 2.66. The van der Waals surface area contributed by atoms with Gasteiger partial charge in [-0.2, -0.15) is 0 Å². The van der Waals surface area contributed by atoms with Gasteiger partial charge >= 0.3 is 0 Å². The molecule has 2 aromatic carbocycles. The van der Waals surface area contributed by atoms with Gasteiger partial charge in [-0.15, -0.1) is 0 Å². The van der Waals surface area contributed by atoms with Gasteiger partial charge in [-0.3, -0.25) is 9.78 Å². The maximum absolute atomic E-state index is 11.9. The predicted octanol–water partition coefficient (Wildman–Crippen LogP) is 3.47. The summed E-state index contributed by atoms with van der Waals surface area (Å²) in [6.45, 7) is 1.44. The highest BCUT2D eigenvalue weighted by atomic mass is 16.1. The van der Waals surface area contributed by atoms with Crippen molar-refractivity contribution in [2.45, 2.75) is 6.42 Å². The molecule has 1 heterocycles. The number of pyridine rings is 1. The van der Waals surface area contributed by atoms with Crippen LogP contribution in [0.2, 0.25) is 0 Å². The summed E-state index contributed by atoms with van der Waals surface area (Å²) in [5.41, 5.74) is 2.75. The fourth-order valence-corrected chi connectivity index (χ4v) is 2.45. The van der Waals surface area contributed by atoms with E-state index in [0.717, 1.165) is 29.6 Å². The third-order valence-electron chi connectivity index (χ3n) is 3.64. The number of nitrogens with one attached hydrogen (secondary N) is 2. The Bertz CT molecular complexity index is 781. The second-order valence-corrected chi connectivity index (χ2v) is 5.28. The first-order chi connectivity index (χ1) is 11.3. The summed E-state index contributed by atoms with van der Waals surface area (Å²) < 4.78 is 0. The Morgan fingerprint density at radius 1 is 0.913 bits per heavy atom. The van der Waals surface area contributed by atoms with E-state index in [-0.39, 0.29) is 5.91 Å². The molecule has 0 aliphatic rings. The van der Waals surface area contributed by atoms with Crippen molar-refractivity contribution in [3.05, 3.63) is 72.4 Å². The maximum Gasteiger partial charge on any atom is 0.251 e. The molecule has 4 heteroatoms. The fourth-order valence-electron chi connectivity index (χ4n) is 2.45. The largest absolute Gasteiger partial charge is 0.384 e. The number of benzene rings is 2. The Morgan fingerprint density at radius 3 is 2.57 bits per heavy atom. The van der Waals surface area contributed by atoms with E-state index in [4.69, 9.17) is 0 Å². The number of hydrogen-bond donors (Lipinski definition) is 2. The van der Waals surface area contributed by atoms with Crippen molar-refractivity contribution in [2.75, 3.05) is 18.4 Å². The van der Waals surface area contributed by atoms with Crippen LogP contribution in [0.4, 0.5) is 5.69 Å². The minimum Gasteiger partial charge on any atom is -0.384 e. The summed E-state index contributed by atoms with van der Waals surface area (Å²) >= 11 is 0. The SMILES string of the molecule is O=C(NCCCNc1ccnc2ccccc12)c1ccccc1. The third-order valence-corrected chi connectivity index (χ3v) is 3.64. The molecule has 23 heavy (non-hydrogen) atoms. The molecule has 0 spiro atoms. The molecule has 0 bridgehead atoms. The number of aromatic nitrogens is 1. The average molecular weight is 305 g/mol. The molecule has 4 nitrogen and oxygen atoms in total. The predicted molar refractivity (Wildman–Crippen MR) is 93.6 cm³/mol. The van der Waals surface area contributed by atoms with Crippen molar-refractivity contribution in [1.29, 1.82) is 0 Å². The second kappa shape index (κ2) is 7.40. The molecule has 0 saturated carbocycles. The number of carbonyl (C=O) groups is 1. The Labute approximate surface area is 135 Å². The molecule has 1 aromatic heterocycles. The first kappa shape index (κ1) is 15.0. The van der Waals surface area contributed by atoms with Crippen molar-refractivity contribution < 1.29 is 4.79 Å². The van der Waals surface area contributed by atoms with E-state index in [0.29, 0.717) is 12.1 Å². The minimum absolute atomic E-state index is 0.0278. The van der Waals surface area contributed by atoms with Crippen LogP contribution in [0.3, 0.4) is 0 Å². The molecule has 0 aliphatic heterocycles. The summed E-state index contributed by atoms with van der Waals surface area (Å²) in [5.74, 6) is -0.0278. The summed E-state index contributed by atoms with van der Waals surface area (Å²) in [7, 11) is 0. The Hall–Kier alpha value is -2.88. The van der Waals surface area contributed by atoms with E-state index in [1.54, 1.807) is 0 Å². The van der Waals surface area contributed by atoms with Crippen molar-refractivity contribution in [1.82, 2.24) is 10.3 Å². The molecule has 116 valence electrons. The Balaban J connectivity index is 1.47. The lowest BCUT2D eigenvalue weighted by molar-refractivity contribution is 0.0953. The average Bonchev–Trinajstić information content (AvgIpc) is 2.62. The fraction of sp³-hybridized carbons (Fsp3) is 0.158. The van der Waals surface area contributed by atoms with E-state index in [9.17, 15) is 4.79 Å². The van der Waals surface area contributed by atoms with Gasteiger partial charge < -0.3 is 10.6 Å².